The Hall–Kier alpha value is -4.29. The number of H-pyrrole nitrogens is 2. The Bertz CT molecular complexity index is 1620. The van der Waals surface area contributed by atoms with E-state index in [1.807, 2.05) is 50.3 Å². The molecule has 204 valence electrons. The van der Waals surface area contributed by atoms with Crippen LogP contribution in [0.15, 0.2) is 91.6 Å². The van der Waals surface area contributed by atoms with Gasteiger partial charge in [0.15, 0.2) is 0 Å². The summed E-state index contributed by atoms with van der Waals surface area (Å²) in [6.45, 7) is 15.2. The van der Waals surface area contributed by atoms with Crippen LogP contribution in [-0.4, -0.2) is 44.7 Å². The van der Waals surface area contributed by atoms with Crippen LogP contribution in [0.2, 0.25) is 0 Å². The number of nitrogens with one attached hydrogen (secondary N) is 2. The summed E-state index contributed by atoms with van der Waals surface area (Å²) in [6.07, 6.45) is 13.7. The van der Waals surface area contributed by atoms with E-state index in [1.54, 1.807) is 12.1 Å². The van der Waals surface area contributed by atoms with Crippen molar-refractivity contribution in [2.75, 3.05) is 19.6 Å². The molecule has 5 nitrogen and oxygen atoms in total. The maximum atomic E-state index is 14.0. The van der Waals surface area contributed by atoms with Crippen LogP contribution in [0.4, 0.5) is 4.39 Å². The lowest BCUT2D eigenvalue weighted by molar-refractivity contribution is 0.248. The van der Waals surface area contributed by atoms with Gasteiger partial charge in [-0.15, -0.1) is 0 Å². The predicted molar refractivity (Wildman–Crippen MR) is 164 cm³/mol. The van der Waals surface area contributed by atoms with E-state index >= 15 is 0 Å². The molecular formula is C34H36FN5. The van der Waals surface area contributed by atoms with Gasteiger partial charge in [0.1, 0.15) is 17.0 Å². The van der Waals surface area contributed by atoms with Gasteiger partial charge in [0.2, 0.25) is 0 Å². The van der Waals surface area contributed by atoms with Crippen molar-refractivity contribution in [3.05, 3.63) is 120 Å². The third-order valence-electron chi connectivity index (χ3n) is 7.45. The van der Waals surface area contributed by atoms with Crippen molar-refractivity contribution in [2.45, 2.75) is 33.1 Å². The summed E-state index contributed by atoms with van der Waals surface area (Å²) in [6, 6.07) is 12.7. The highest BCUT2D eigenvalue weighted by Crippen LogP contribution is 2.33. The van der Waals surface area contributed by atoms with E-state index in [0.29, 0.717) is 0 Å². The zero-order valence-corrected chi connectivity index (χ0v) is 23.3. The molecule has 0 radical (unpaired) electrons. The lowest BCUT2D eigenvalue weighted by Crippen LogP contribution is -2.31. The molecule has 0 amide bonds. The number of aromatic amines is 2. The molecule has 0 saturated carbocycles. The number of nitrogens with zero attached hydrogens (tertiary/aromatic N) is 3. The van der Waals surface area contributed by atoms with Gasteiger partial charge in [-0.25, -0.2) is 9.37 Å². The minimum absolute atomic E-state index is 0.278. The van der Waals surface area contributed by atoms with Crippen molar-refractivity contribution in [1.82, 2.24) is 25.1 Å². The molecule has 0 spiro atoms. The zero-order valence-electron chi connectivity index (χ0n) is 23.3. The van der Waals surface area contributed by atoms with E-state index in [9.17, 15) is 4.39 Å². The Morgan fingerprint density at radius 3 is 2.65 bits per heavy atom. The molecule has 0 atom stereocenters. The quantitative estimate of drug-likeness (QED) is 0.214. The Morgan fingerprint density at radius 2 is 1.93 bits per heavy atom. The minimum atomic E-state index is -0.278. The van der Waals surface area contributed by atoms with Gasteiger partial charge in [0.25, 0.3) is 0 Å². The molecule has 4 aromatic rings. The summed E-state index contributed by atoms with van der Waals surface area (Å²) in [5.74, 6) is -0.278. The average Bonchev–Trinajstić information content (AvgIpc) is 3.57. The molecule has 4 heterocycles. The van der Waals surface area contributed by atoms with Crippen LogP contribution < -0.4 is 0 Å². The van der Waals surface area contributed by atoms with E-state index < -0.39 is 0 Å². The molecule has 1 saturated heterocycles. The monoisotopic (exact) mass is 533 g/mol. The van der Waals surface area contributed by atoms with Crippen LogP contribution in [-0.2, 0) is 0 Å². The van der Waals surface area contributed by atoms with Gasteiger partial charge in [0, 0.05) is 17.8 Å². The second-order valence-corrected chi connectivity index (χ2v) is 10.2. The first-order valence-electron chi connectivity index (χ1n) is 13.9. The molecule has 0 aliphatic carbocycles. The average molecular weight is 534 g/mol. The van der Waals surface area contributed by atoms with Crippen molar-refractivity contribution in [1.29, 1.82) is 0 Å². The predicted octanol–water partition coefficient (Wildman–Crippen LogP) is 8.02. The summed E-state index contributed by atoms with van der Waals surface area (Å²) in [4.78, 5) is 11.0. The van der Waals surface area contributed by atoms with Gasteiger partial charge in [-0.2, -0.15) is 5.10 Å². The van der Waals surface area contributed by atoms with E-state index in [1.165, 1.54) is 37.0 Å². The van der Waals surface area contributed by atoms with E-state index in [0.717, 1.165) is 75.7 Å². The number of rotatable bonds is 9. The standard InChI is InChI=1S/C34H36FN5/c1-5-12-28(26-13-11-14-27(35)20-26)29-21-32(36-23(29)4)34-33-31(38-39-34)16-15-30(37-33)25(7-3)19-24(6-2)22-40-17-9-8-10-18-40/h5-7,11-16,19-21,36H,1-2,8-10,17-18,22H2,3-4H3,(H,38,39)/b24-19+,25-7+,28-12-. The van der Waals surface area contributed by atoms with Gasteiger partial charge < -0.3 is 4.98 Å². The Labute approximate surface area is 235 Å². The first kappa shape index (κ1) is 27.3. The summed E-state index contributed by atoms with van der Waals surface area (Å²) < 4.78 is 14.0. The number of piperidine rings is 1. The fourth-order valence-electron chi connectivity index (χ4n) is 5.38. The molecule has 40 heavy (non-hydrogen) atoms. The molecule has 0 bridgehead atoms. The van der Waals surface area contributed by atoms with Crippen LogP contribution in [0.5, 0.6) is 0 Å². The molecular weight excluding hydrogens is 497 g/mol. The van der Waals surface area contributed by atoms with Crippen LogP contribution in [0, 0.1) is 12.7 Å². The highest BCUT2D eigenvalue weighted by Gasteiger charge is 2.18. The van der Waals surface area contributed by atoms with E-state index in [-0.39, 0.29) is 5.82 Å². The Kier molecular flexibility index (Phi) is 8.37. The van der Waals surface area contributed by atoms with Gasteiger partial charge in [-0.05, 0) is 98.5 Å². The number of hydrogen-bond acceptors (Lipinski definition) is 3. The second-order valence-electron chi connectivity index (χ2n) is 10.2. The van der Waals surface area contributed by atoms with Crippen molar-refractivity contribution >= 4 is 22.2 Å². The lowest BCUT2D eigenvalue weighted by Gasteiger charge is -2.26. The number of likely N-dealkylation sites (tertiary alicyclic amines) is 1. The lowest BCUT2D eigenvalue weighted by atomic mass is 9.97. The molecule has 3 aromatic heterocycles. The maximum absolute atomic E-state index is 14.0. The normalized spacial score (nSPS) is 15.5. The van der Waals surface area contributed by atoms with Gasteiger partial charge >= 0.3 is 0 Å². The third kappa shape index (κ3) is 5.82. The topological polar surface area (TPSA) is 60.6 Å². The number of aryl methyl sites for hydroxylation is 1. The number of fused-ring (bicyclic) bond motifs is 1. The van der Waals surface area contributed by atoms with Crippen molar-refractivity contribution in [3.63, 3.8) is 0 Å². The first-order valence-corrected chi connectivity index (χ1v) is 13.9. The Balaban J connectivity index is 1.50. The molecule has 1 aliphatic heterocycles. The van der Waals surface area contributed by atoms with Crippen LogP contribution in [0.3, 0.4) is 0 Å². The SMILES string of the molecule is C=C/C=C(/c1cccc(F)c1)c1cc(-c2n[nH]c3ccc(C(/C=C(\C=C)CN4CCCCC4)=C/C)nc23)[nH]c1C. The van der Waals surface area contributed by atoms with Gasteiger partial charge in [-0.3, -0.25) is 10.00 Å². The fourth-order valence-corrected chi connectivity index (χ4v) is 5.38. The Morgan fingerprint density at radius 1 is 1.10 bits per heavy atom. The highest BCUT2D eigenvalue weighted by atomic mass is 19.1. The van der Waals surface area contributed by atoms with E-state index in [2.05, 4.69) is 45.4 Å². The van der Waals surface area contributed by atoms with Gasteiger partial charge in [-0.1, -0.05) is 56.0 Å². The molecule has 1 aromatic carbocycles. The number of aromatic nitrogens is 4. The van der Waals surface area contributed by atoms with Crippen LogP contribution >= 0.6 is 0 Å². The maximum Gasteiger partial charge on any atom is 0.135 e. The van der Waals surface area contributed by atoms with Crippen LogP contribution in [0.25, 0.3) is 33.6 Å². The van der Waals surface area contributed by atoms with E-state index in [4.69, 9.17) is 4.98 Å². The number of benzene rings is 1. The third-order valence-corrected chi connectivity index (χ3v) is 7.45. The molecule has 0 unspecified atom stereocenters. The summed E-state index contributed by atoms with van der Waals surface area (Å²) in [5.41, 5.74) is 9.91. The number of halogens is 1. The molecule has 6 heteroatoms. The smallest absolute Gasteiger partial charge is 0.135 e. The summed E-state index contributed by atoms with van der Waals surface area (Å²) in [7, 11) is 0. The fraction of sp³-hybridized carbons (Fsp3) is 0.235. The number of pyridine rings is 1. The number of hydrogen-bond donors (Lipinski definition) is 2. The number of allylic oxidation sites excluding steroid dienone is 5. The zero-order chi connectivity index (χ0) is 28.1. The van der Waals surface area contributed by atoms with Crippen molar-refractivity contribution < 1.29 is 4.39 Å². The molecule has 2 N–H and O–H groups in total. The second kappa shape index (κ2) is 12.3. The molecule has 1 aliphatic rings. The molecule has 5 rings (SSSR count). The highest BCUT2D eigenvalue weighted by molar-refractivity contribution is 5.92. The van der Waals surface area contributed by atoms with Crippen molar-refractivity contribution in [3.8, 4) is 11.4 Å². The van der Waals surface area contributed by atoms with Crippen LogP contribution in [0.1, 0.15) is 48.7 Å². The first-order chi connectivity index (χ1) is 19.5. The summed E-state index contributed by atoms with van der Waals surface area (Å²) in [5, 5.41) is 7.75. The molecule has 1 fully saturated rings. The van der Waals surface area contributed by atoms with Crippen molar-refractivity contribution in [2.24, 2.45) is 0 Å². The largest absolute Gasteiger partial charge is 0.357 e. The van der Waals surface area contributed by atoms with Gasteiger partial charge in [0.05, 0.1) is 16.9 Å². The summed E-state index contributed by atoms with van der Waals surface area (Å²) >= 11 is 0. The minimum Gasteiger partial charge on any atom is -0.357 e.